The number of amides is 3. The van der Waals surface area contributed by atoms with E-state index in [-0.39, 0.29) is 17.7 Å². The molecule has 1 saturated heterocycles. The summed E-state index contributed by atoms with van der Waals surface area (Å²) in [5.74, 6) is -0.562. The largest absolute Gasteiger partial charge is 0.573 e. The predicted molar refractivity (Wildman–Crippen MR) is 99.1 cm³/mol. The lowest BCUT2D eigenvalue weighted by atomic mass is 10.1. The van der Waals surface area contributed by atoms with Crippen molar-refractivity contribution in [2.24, 2.45) is 0 Å². The van der Waals surface area contributed by atoms with E-state index in [9.17, 15) is 22.8 Å². The number of nitrogens with one attached hydrogen (secondary N) is 2. The number of imide groups is 1. The number of nitrogens with zero attached hydrogens (tertiary/aromatic N) is 2. The highest BCUT2D eigenvalue weighted by Crippen LogP contribution is 2.23. The lowest BCUT2D eigenvalue weighted by molar-refractivity contribution is -0.274. The smallest absolute Gasteiger partial charge is 0.406 e. The fraction of sp³-hybridized carbons (Fsp3) is 0.579. The summed E-state index contributed by atoms with van der Waals surface area (Å²) in [4.78, 5) is 28.1. The first-order chi connectivity index (χ1) is 13.7. The standard InChI is InChI=1S/C19H25F3N4O3/c1-13(17(27)24-18(28)23-15-4-5-15)26-10-8-25(9-11-26)12-14-2-6-16(7-3-14)29-19(20,21)22/h2-3,6-7,13,15H,4-5,8-12H2,1H3,(H2,23,24,27,28). The molecule has 160 valence electrons. The molecular weight excluding hydrogens is 389 g/mol. The predicted octanol–water partition coefficient (Wildman–Crippen LogP) is 2.08. The van der Waals surface area contributed by atoms with Gasteiger partial charge in [-0.15, -0.1) is 13.2 Å². The Labute approximate surface area is 167 Å². The van der Waals surface area contributed by atoms with Crippen LogP contribution in [0.3, 0.4) is 0 Å². The summed E-state index contributed by atoms with van der Waals surface area (Å²) < 4.78 is 40.5. The Morgan fingerprint density at radius 1 is 1.14 bits per heavy atom. The van der Waals surface area contributed by atoms with Crippen molar-refractivity contribution in [2.75, 3.05) is 26.2 Å². The minimum atomic E-state index is -4.70. The molecule has 1 heterocycles. The van der Waals surface area contributed by atoms with E-state index in [0.29, 0.717) is 32.7 Å². The van der Waals surface area contributed by atoms with Crippen LogP contribution in [0.2, 0.25) is 0 Å². The van der Waals surface area contributed by atoms with E-state index in [1.54, 1.807) is 19.1 Å². The van der Waals surface area contributed by atoms with E-state index in [4.69, 9.17) is 0 Å². The van der Waals surface area contributed by atoms with E-state index >= 15 is 0 Å². The molecule has 2 aliphatic rings. The highest BCUT2D eigenvalue weighted by Gasteiger charge is 2.31. The zero-order valence-electron chi connectivity index (χ0n) is 16.2. The molecule has 1 aliphatic carbocycles. The summed E-state index contributed by atoms with van der Waals surface area (Å²) in [5.41, 5.74) is 0.885. The van der Waals surface area contributed by atoms with Crippen LogP contribution in [0.15, 0.2) is 24.3 Å². The minimum Gasteiger partial charge on any atom is -0.406 e. The molecule has 0 spiro atoms. The lowest BCUT2D eigenvalue weighted by Gasteiger charge is -2.37. The van der Waals surface area contributed by atoms with E-state index in [1.807, 2.05) is 4.90 Å². The highest BCUT2D eigenvalue weighted by molar-refractivity contribution is 5.97. The van der Waals surface area contributed by atoms with Crippen LogP contribution < -0.4 is 15.4 Å². The summed E-state index contributed by atoms with van der Waals surface area (Å²) in [6, 6.07) is 5.16. The van der Waals surface area contributed by atoms with Gasteiger partial charge in [0.1, 0.15) is 5.75 Å². The Kier molecular flexibility index (Phi) is 6.63. The molecule has 7 nitrogen and oxygen atoms in total. The molecule has 1 aromatic carbocycles. The fourth-order valence-electron chi connectivity index (χ4n) is 3.19. The second-order valence-corrected chi connectivity index (χ2v) is 7.42. The number of halogens is 3. The molecule has 0 radical (unpaired) electrons. The first kappa shape index (κ1) is 21.4. The van der Waals surface area contributed by atoms with Gasteiger partial charge < -0.3 is 10.1 Å². The maximum absolute atomic E-state index is 12.2. The molecule has 0 aromatic heterocycles. The molecular formula is C19H25F3N4O3. The number of benzene rings is 1. The summed E-state index contributed by atoms with van der Waals surface area (Å²) >= 11 is 0. The van der Waals surface area contributed by atoms with Gasteiger partial charge >= 0.3 is 12.4 Å². The summed E-state index contributed by atoms with van der Waals surface area (Å²) in [6.07, 6.45) is -2.78. The van der Waals surface area contributed by atoms with Crippen LogP contribution in [0.1, 0.15) is 25.3 Å². The normalized spacial score (nSPS) is 19.4. The van der Waals surface area contributed by atoms with Gasteiger partial charge in [-0.25, -0.2) is 4.79 Å². The summed E-state index contributed by atoms with van der Waals surface area (Å²) in [5, 5.41) is 5.11. The quantitative estimate of drug-likeness (QED) is 0.746. The maximum atomic E-state index is 12.2. The lowest BCUT2D eigenvalue weighted by Crippen LogP contribution is -2.55. The topological polar surface area (TPSA) is 73.9 Å². The zero-order valence-corrected chi connectivity index (χ0v) is 16.2. The van der Waals surface area contributed by atoms with Crippen LogP contribution in [0, 0.1) is 0 Å². The number of hydrogen-bond donors (Lipinski definition) is 2. The van der Waals surface area contributed by atoms with Gasteiger partial charge in [0.25, 0.3) is 0 Å². The summed E-state index contributed by atoms with van der Waals surface area (Å²) in [7, 11) is 0. The molecule has 2 N–H and O–H groups in total. The average Bonchev–Trinajstić information content (AvgIpc) is 3.46. The Bertz CT molecular complexity index is 714. The SMILES string of the molecule is CC(C(=O)NC(=O)NC1CC1)N1CCN(Cc2ccc(OC(F)(F)F)cc2)CC1. The molecule has 1 saturated carbocycles. The molecule has 1 atom stereocenters. The third-order valence-electron chi connectivity index (χ3n) is 5.05. The van der Waals surface area contributed by atoms with Gasteiger partial charge in [0.15, 0.2) is 0 Å². The van der Waals surface area contributed by atoms with Crippen molar-refractivity contribution in [3.8, 4) is 5.75 Å². The van der Waals surface area contributed by atoms with Gasteiger partial charge in [0, 0.05) is 38.8 Å². The first-order valence-corrected chi connectivity index (χ1v) is 9.62. The van der Waals surface area contributed by atoms with Crippen molar-refractivity contribution in [3.05, 3.63) is 29.8 Å². The minimum absolute atomic E-state index is 0.191. The van der Waals surface area contributed by atoms with Crippen LogP contribution in [0.5, 0.6) is 5.75 Å². The fourth-order valence-corrected chi connectivity index (χ4v) is 3.19. The van der Waals surface area contributed by atoms with Gasteiger partial charge in [0.2, 0.25) is 5.91 Å². The number of hydrogen-bond acceptors (Lipinski definition) is 5. The Balaban J connectivity index is 1.41. The summed E-state index contributed by atoms with van der Waals surface area (Å²) in [6.45, 7) is 5.13. The first-order valence-electron chi connectivity index (χ1n) is 9.62. The van der Waals surface area contributed by atoms with Crippen molar-refractivity contribution >= 4 is 11.9 Å². The van der Waals surface area contributed by atoms with Crippen LogP contribution >= 0.6 is 0 Å². The zero-order chi connectivity index (χ0) is 21.0. The number of urea groups is 1. The van der Waals surface area contributed by atoms with Crippen LogP contribution in [-0.2, 0) is 11.3 Å². The van der Waals surface area contributed by atoms with E-state index in [1.165, 1.54) is 12.1 Å². The van der Waals surface area contributed by atoms with E-state index in [2.05, 4.69) is 20.3 Å². The number of ether oxygens (including phenoxy) is 1. The van der Waals surface area contributed by atoms with Crippen molar-refractivity contribution in [3.63, 3.8) is 0 Å². The number of alkyl halides is 3. The van der Waals surface area contributed by atoms with Gasteiger partial charge in [-0.3, -0.25) is 19.9 Å². The maximum Gasteiger partial charge on any atom is 0.573 e. The molecule has 1 unspecified atom stereocenters. The van der Waals surface area contributed by atoms with Crippen molar-refractivity contribution in [1.29, 1.82) is 0 Å². The molecule has 3 amide bonds. The Hall–Kier alpha value is -2.33. The second kappa shape index (κ2) is 9.00. The van der Waals surface area contributed by atoms with Crippen LogP contribution in [0.4, 0.5) is 18.0 Å². The van der Waals surface area contributed by atoms with Crippen molar-refractivity contribution < 1.29 is 27.5 Å². The molecule has 1 aromatic rings. The van der Waals surface area contributed by atoms with Crippen LogP contribution in [-0.4, -0.2) is 66.4 Å². The van der Waals surface area contributed by atoms with E-state index < -0.39 is 18.4 Å². The molecule has 3 rings (SSSR count). The monoisotopic (exact) mass is 414 g/mol. The number of rotatable bonds is 6. The number of carbonyl (C=O) groups excluding carboxylic acids is 2. The molecule has 1 aliphatic heterocycles. The van der Waals surface area contributed by atoms with Crippen LogP contribution in [0.25, 0.3) is 0 Å². The van der Waals surface area contributed by atoms with Crippen molar-refractivity contribution in [1.82, 2.24) is 20.4 Å². The molecule has 0 bridgehead atoms. The average molecular weight is 414 g/mol. The second-order valence-electron chi connectivity index (χ2n) is 7.42. The van der Waals surface area contributed by atoms with Crippen molar-refractivity contribution in [2.45, 2.75) is 44.8 Å². The van der Waals surface area contributed by atoms with Gasteiger partial charge in [-0.05, 0) is 37.5 Å². The van der Waals surface area contributed by atoms with Gasteiger partial charge in [0.05, 0.1) is 6.04 Å². The number of piperazine rings is 1. The van der Waals surface area contributed by atoms with Gasteiger partial charge in [-0.1, -0.05) is 12.1 Å². The molecule has 29 heavy (non-hydrogen) atoms. The highest BCUT2D eigenvalue weighted by atomic mass is 19.4. The third-order valence-corrected chi connectivity index (χ3v) is 5.05. The Morgan fingerprint density at radius 2 is 1.76 bits per heavy atom. The van der Waals surface area contributed by atoms with E-state index in [0.717, 1.165) is 18.4 Å². The Morgan fingerprint density at radius 3 is 2.31 bits per heavy atom. The van der Waals surface area contributed by atoms with Gasteiger partial charge in [-0.2, -0.15) is 0 Å². The molecule has 2 fully saturated rings. The number of carbonyl (C=O) groups is 2. The molecule has 10 heteroatoms. The third kappa shape index (κ3) is 6.90.